The van der Waals surface area contributed by atoms with Gasteiger partial charge in [0.05, 0.1) is 23.8 Å². The summed E-state index contributed by atoms with van der Waals surface area (Å²) in [7, 11) is 0. The Balaban J connectivity index is 1.63. The van der Waals surface area contributed by atoms with Crippen LogP contribution >= 0.6 is 0 Å². The van der Waals surface area contributed by atoms with E-state index in [-0.39, 0.29) is 0 Å². The molecule has 0 aliphatic heterocycles. The third-order valence-corrected chi connectivity index (χ3v) is 3.49. The molecule has 3 rings (SSSR count). The third-order valence-electron chi connectivity index (χ3n) is 3.49. The Morgan fingerprint density at radius 1 is 1.16 bits per heavy atom. The molecule has 1 aromatic carbocycles. The molecule has 0 spiro atoms. The van der Waals surface area contributed by atoms with E-state index in [1.807, 2.05) is 12.4 Å². The molecule has 0 bridgehead atoms. The average molecular weight is 253 g/mol. The SMILES string of the molecule is CCNc1cncc(NC2CC2c2ccccc2)c1. The molecule has 3 nitrogen and oxygen atoms in total. The van der Waals surface area contributed by atoms with Crippen molar-refractivity contribution in [2.24, 2.45) is 0 Å². The van der Waals surface area contributed by atoms with E-state index >= 15 is 0 Å². The second kappa shape index (κ2) is 5.31. The van der Waals surface area contributed by atoms with Crippen molar-refractivity contribution in [3.05, 3.63) is 54.4 Å². The van der Waals surface area contributed by atoms with Gasteiger partial charge in [-0.15, -0.1) is 0 Å². The fraction of sp³-hybridized carbons (Fsp3) is 0.312. The van der Waals surface area contributed by atoms with Crippen molar-refractivity contribution in [3.8, 4) is 0 Å². The van der Waals surface area contributed by atoms with Crippen molar-refractivity contribution in [3.63, 3.8) is 0 Å². The number of anilines is 2. The van der Waals surface area contributed by atoms with Crippen LogP contribution in [0, 0.1) is 0 Å². The van der Waals surface area contributed by atoms with E-state index < -0.39 is 0 Å². The Kier molecular flexibility index (Phi) is 3.36. The largest absolute Gasteiger partial charge is 0.384 e. The van der Waals surface area contributed by atoms with E-state index in [0.29, 0.717) is 12.0 Å². The molecule has 19 heavy (non-hydrogen) atoms. The van der Waals surface area contributed by atoms with Gasteiger partial charge in [0, 0.05) is 18.5 Å². The van der Waals surface area contributed by atoms with Crippen molar-refractivity contribution in [2.45, 2.75) is 25.3 Å². The Hall–Kier alpha value is -2.03. The molecule has 1 fully saturated rings. The minimum Gasteiger partial charge on any atom is -0.384 e. The number of nitrogens with zero attached hydrogens (tertiary/aromatic N) is 1. The van der Waals surface area contributed by atoms with Gasteiger partial charge in [0.1, 0.15) is 0 Å². The van der Waals surface area contributed by atoms with E-state index in [0.717, 1.165) is 17.9 Å². The number of hydrogen-bond donors (Lipinski definition) is 2. The van der Waals surface area contributed by atoms with Crippen LogP contribution in [0.1, 0.15) is 24.8 Å². The molecule has 1 aromatic heterocycles. The Morgan fingerprint density at radius 3 is 2.74 bits per heavy atom. The van der Waals surface area contributed by atoms with E-state index in [9.17, 15) is 0 Å². The second-order valence-corrected chi connectivity index (χ2v) is 5.00. The molecule has 1 aliphatic rings. The lowest BCUT2D eigenvalue weighted by atomic mass is 10.1. The van der Waals surface area contributed by atoms with Crippen LogP contribution in [-0.4, -0.2) is 17.6 Å². The molecule has 2 atom stereocenters. The number of hydrogen-bond acceptors (Lipinski definition) is 3. The molecule has 1 aliphatic carbocycles. The number of rotatable bonds is 5. The lowest BCUT2D eigenvalue weighted by molar-refractivity contribution is 1.04. The lowest BCUT2D eigenvalue weighted by Crippen LogP contribution is -2.05. The zero-order valence-corrected chi connectivity index (χ0v) is 11.1. The monoisotopic (exact) mass is 253 g/mol. The predicted octanol–water partition coefficient (Wildman–Crippen LogP) is 3.48. The first-order valence-corrected chi connectivity index (χ1v) is 6.87. The Labute approximate surface area is 114 Å². The summed E-state index contributed by atoms with van der Waals surface area (Å²) in [5.41, 5.74) is 3.60. The lowest BCUT2D eigenvalue weighted by Gasteiger charge is -2.08. The van der Waals surface area contributed by atoms with Crippen LogP contribution in [0.3, 0.4) is 0 Å². The molecule has 0 amide bonds. The van der Waals surface area contributed by atoms with Crippen molar-refractivity contribution >= 4 is 11.4 Å². The molecule has 2 aromatic rings. The third kappa shape index (κ3) is 2.87. The normalized spacial score (nSPS) is 20.9. The van der Waals surface area contributed by atoms with Crippen molar-refractivity contribution in [1.82, 2.24) is 4.98 Å². The molecule has 0 saturated heterocycles. The summed E-state index contributed by atoms with van der Waals surface area (Å²) in [6, 6.07) is 13.4. The quantitative estimate of drug-likeness (QED) is 0.856. The zero-order valence-electron chi connectivity index (χ0n) is 11.1. The van der Waals surface area contributed by atoms with Gasteiger partial charge in [-0.3, -0.25) is 4.98 Å². The smallest absolute Gasteiger partial charge is 0.0549 e. The number of pyridine rings is 1. The van der Waals surface area contributed by atoms with Crippen molar-refractivity contribution in [2.75, 3.05) is 17.2 Å². The number of aromatic nitrogens is 1. The van der Waals surface area contributed by atoms with E-state index in [4.69, 9.17) is 0 Å². The highest BCUT2D eigenvalue weighted by Gasteiger charge is 2.38. The minimum atomic E-state index is 0.543. The zero-order chi connectivity index (χ0) is 13.1. The van der Waals surface area contributed by atoms with E-state index in [2.05, 4.69) is 58.9 Å². The van der Waals surface area contributed by atoms with E-state index in [1.165, 1.54) is 12.0 Å². The van der Waals surface area contributed by atoms with Gasteiger partial charge < -0.3 is 10.6 Å². The standard InChI is InChI=1S/C16H19N3/c1-2-18-13-8-14(11-17-10-13)19-16-9-15(16)12-6-4-3-5-7-12/h3-8,10-11,15-16,18-19H,2,9H2,1H3. The fourth-order valence-electron chi connectivity index (χ4n) is 2.46. The molecule has 98 valence electrons. The number of nitrogens with one attached hydrogen (secondary N) is 2. The molecule has 2 unspecified atom stereocenters. The Bertz CT molecular complexity index is 539. The highest BCUT2D eigenvalue weighted by atomic mass is 15.0. The molecular formula is C16H19N3. The van der Waals surface area contributed by atoms with Gasteiger partial charge in [0.15, 0.2) is 0 Å². The van der Waals surface area contributed by atoms with Crippen LogP contribution in [0.25, 0.3) is 0 Å². The minimum absolute atomic E-state index is 0.543. The highest BCUT2D eigenvalue weighted by molar-refractivity contribution is 5.55. The van der Waals surface area contributed by atoms with Gasteiger partial charge in [-0.25, -0.2) is 0 Å². The predicted molar refractivity (Wildman–Crippen MR) is 79.6 cm³/mol. The second-order valence-electron chi connectivity index (χ2n) is 5.00. The summed E-state index contributed by atoms with van der Waals surface area (Å²) in [5, 5.41) is 6.84. The molecular weight excluding hydrogens is 234 g/mol. The number of benzene rings is 1. The van der Waals surface area contributed by atoms with Gasteiger partial charge in [-0.05, 0) is 25.0 Å². The summed E-state index contributed by atoms with van der Waals surface area (Å²) < 4.78 is 0. The molecule has 3 heteroatoms. The van der Waals surface area contributed by atoms with Crippen LogP contribution in [0.4, 0.5) is 11.4 Å². The van der Waals surface area contributed by atoms with Crippen LogP contribution in [0.2, 0.25) is 0 Å². The fourth-order valence-corrected chi connectivity index (χ4v) is 2.46. The molecule has 1 heterocycles. The summed E-state index contributed by atoms with van der Waals surface area (Å²) in [4.78, 5) is 4.26. The topological polar surface area (TPSA) is 37.0 Å². The first-order valence-electron chi connectivity index (χ1n) is 6.87. The van der Waals surface area contributed by atoms with Crippen molar-refractivity contribution < 1.29 is 0 Å². The summed E-state index contributed by atoms with van der Waals surface area (Å²) in [6.45, 7) is 3.01. The van der Waals surface area contributed by atoms with Gasteiger partial charge in [-0.2, -0.15) is 0 Å². The molecule has 2 N–H and O–H groups in total. The van der Waals surface area contributed by atoms with Crippen LogP contribution in [-0.2, 0) is 0 Å². The Morgan fingerprint density at radius 2 is 1.95 bits per heavy atom. The van der Waals surface area contributed by atoms with Crippen LogP contribution in [0.5, 0.6) is 0 Å². The average Bonchev–Trinajstić information content (AvgIpc) is 3.20. The summed E-state index contributed by atoms with van der Waals surface area (Å²) in [6.07, 6.45) is 4.95. The van der Waals surface area contributed by atoms with Gasteiger partial charge in [-0.1, -0.05) is 30.3 Å². The van der Waals surface area contributed by atoms with Gasteiger partial charge >= 0.3 is 0 Å². The molecule has 1 saturated carbocycles. The van der Waals surface area contributed by atoms with Crippen molar-refractivity contribution in [1.29, 1.82) is 0 Å². The maximum Gasteiger partial charge on any atom is 0.0549 e. The van der Waals surface area contributed by atoms with Crippen LogP contribution < -0.4 is 10.6 Å². The molecule has 0 radical (unpaired) electrons. The summed E-state index contributed by atoms with van der Waals surface area (Å²) in [5.74, 6) is 0.643. The summed E-state index contributed by atoms with van der Waals surface area (Å²) >= 11 is 0. The van der Waals surface area contributed by atoms with E-state index in [1.54, 1.807) is 0 Å². The maximum atomic E-state index is 4.26. The first-order chi connectivity index (χ1) is 9.36. The van der Waals surface area contributed by atoms with Gasteiger partial charge in [0.2, 0.25) is 0 Å². The maximum absolute atomic E-state index is 4.26. The first kappa shape index (κ1) is 12.0. The highest BCUT2D eigenvalue weighted by Crippen LogP contribution is 2.42. The van der Waals surface area contributed by atoms with Gasteiger partial charge in [0.25, 0.3) is 0 Å². The van der Waals surface area contributed by atoms with Crippen LogP contribution in [0.15, 0.2) is 48.8 Å².